The summed E-state index contributed by atoms with van der Waals surface area (Å²) >= 11 is 3.60. The Bertz CT molecular complexity index is 419. The zero-order valence-electron chi connectivity index (χ0n) is 11.7. The SMILES string of the molecule is Cc1ccc(NC2CC(C)N(C)CC2C)cc1Br. The van der Waals surface area contributed by atoms with Crippen LogP contribution in [-0.4, -0.2) is 30.6 Å². The van der Waals surface area contributed by atoms with E-state index in [1.807, 2.05) is 0 Å². The molecule has 100 valence electrons. The highest BCUT2D eigenvalue weighted by molar-refractivity contribution is 9.10. The molecule has 0 bridgehead atoms. The van der Waals surface area contributed by atoms with E-state index in [0.717, 1.165) is 0 Å². The number of nitrogens with zero attached hydrogens (tertiary/aromatic N) is 1. The van der Waals surface area contributed by atoms with Crippen molar-refractivity contribution in [1.29, 1.82) is 0 Å². The van der Waals surface area contributed by atoms with Gasteiger partial charge in [0.15, 0.2) is 0 Å². The largest absolute Gasteiger partial charge is 0.382 e. The number of aryl methyl sites for hydroxylation is 1. The van der Waals surface area contributed by atoms with E-state index >= 15 is 0 Å². The number of piperidine rings is 1. The summed E-state index contributed by atoms with van der Waals surface area (Å²) in [6, 6.07) is 7.76. The van der Waals surface area contributed by atoms with Gasteiger partial charge in [-0.1, -0.05) is 28.9 Å². The molecule has 3 atom stereocenters. The summed E-state index contributed by atoms with van der Waals surface area (Å²) in [5.41, 5.74) is 2.51. The molecule has 2 rings (SSSR count). The van der Waals surface area contributed by atoms with E-state index in [1.54, 1.807) is 0 Å². The Labute approximate surface area is 119 Å². The van der Waals surface area contributed by atoms with Gasteiger partial charge in [0.2, 0.25) is 0 Å². The van der Waals surface area contributed by atoms with Crippen LogP contribution in [0.4, 0.5) is 5.69 Å². The van der Waals surface area contributed by atoms with E-state index in [-0.39, 0.29) is 0 Å². The van der Waals surface area contributed by atoms with E-state index < -0.39 is 0 Å². The van der Waals surface area contributed by atoms with Crippen LogP contribution < -0.4 is 5.32 Å². The second kappa shape index (κ2) is 5.62. The molecule has 1 N–H and O–H groups in total. The summed E-state index contributed by atoms with van der Waals surface area (Å²) in [7, 11) is 2.22. The molecule has 0 saturated carbocycles. The molecule has 1 aromatic carbocycles. The van der Waals surface area contributed by atoms with Crippen molar-refractivity contribution in [2.75, 3.05) is 18.9 Å². The van der Waals surface area contributed by atoms with Gasteiger partial charge >= 0.3 is 0 Å². The van der Waals surface area contributed by atoms with Gasteiger partial charge in [0.05, 0.1) is 0 Å². The number of hydrogen-bond donors (Lipinski definition) is 1. The lowest BCUT2D eigenvalue weighted by molar-refractivity contribution is 0.145. The minimum absolute atomic E-state index is 0.575. The van der Waals surface area contributed by atoms with Crippen LogP contribution in [0, 0.1) is 12.8 Å². The Hall–Kier alpha value is -0.540. The van der Waals surface area contributed by atoms with Gasteiger partial charge in [0.1, 0.15) is 0 Å². The maximum atomic E-state index is 3.69. The van der Waals surface area contributed by atoms with Crippen LogP contribution in [0.2, 0.25) is 0 Å². The third kappa shape index (κ3) is 3.07. The molecule has 0 radical (unpaired) electrons. The second-order valence-corrected chi connectivity index (χ2v) is 6.57. The molecule has 0 spiro atoms. The number of halogens is 1. The van der Waals surface area contributed by atoms with Gasteiger partial charge in [-0.25, -0.2) is 0 Å². The predicted molar refractivity (Wildman–Crippen MR) is 82.2 cm³/mol. The number of anilines is 1. The smallest absolute Gasteiger partial charge is 0.0353 e. The molecule has 1 aliphatic heterocycles. The van der Waals surface area contributed by atoms with Crippen LogP contribution in [-0.2, 0) is 0 Å². The summed E-state index contributed by atoms with van der Waals surface area (Å²) < 4.78 is 1.18. The molecular formula is C15H23BrN2. The van der Waals surface area contributed by atoms with Crippen molar-refractivity contribution in [3.8, 4) is 0 Å². The zero-order valence-corrected chi connectivity index (χ0v) is 13.3. The van der Waals surface area contributed by atoms with Crippen LogP contribution in [0.15, 0.2) is 22.7 Å². The molecule has 3 heteroatoms. The molecule has 2 nitrogen and oxygen atoms in total. The summed E-state index contributed by atoms with van der Waals surface area (Å²) in [6.45, 7) is 7.94. The summed E-state index contributed by atoms with van der Waals surface area (Å²) in [5, 5.41) is 3.69. The van der Waals surface area contributed by atoms with Gasteiger partial charge in [-0.05, 0) is 50.9 Å². The number of rotatable bonds is 2. The van der Waals surface area contributed by atoms with E-state index in [0.29, 0.717) is 18.0 Å². The fourth-order valence-electron chi connectivity index (χ4n) is 2.64. The third-order valence-corrected chi connectivity index (χ3v) is 4.99. The summed E-state index contributed by atoms with van der Waals surface area (Å²) in [6.07, 6.45) is 1.21. The molecule has 1 fully saturated rings. The number of nitrogens with one attached hydrogen (secondary N) is 1. The van der Waals surface area contributed by atoms with Crippen LogP contribution in [0.5, 0.6) is 0 Å². The van der Waals surface area contributed by atoms with E-state index in [2.05, 4.69) is 72.2 Å². The van der Waals surface area contributed by atoms with Gasteiger partial charge in [-0.15, -0.1) is 0 Å². The van der Waals surface area contributed by atoms with E-state index in [4.69, 9.17) is 0 Å². The van der Waals surface area contributed by atoms with Gasteiger partial charge < -0.3 is 10.2 Å². The quantitative estimate of drug-likeness (QED) is 0.891. The van der Waals surface area contributed by atoms with Crippen molar-refractivity contribution in [2.24, 2.45) is 5.92 Å². The highest BCUT2D eigenvalue weighted by Crippen LogP contribution is 2.26. The van der Waals surface area contributed by atoms with Crippen LogP contribution >= 0.6 is 15.9 Å². The van der Waals surface area contributed by atoms with Crippen molar-refractivity contribution in [3.05, 3.63) is 28.2 Å². The van der Waals surface area contributed by atoms with Crippen LogP contribution in [0.1, 0.15) is 25.8 Å². The Kier molecular flexibility index (Phi) is 4.33. The highest BCUT2D eigenvalue weighted by Gasteiger charge is 2.28. The lowest BCUT2D eigenvalue weighted by Crippen LogP contribution is -2.48. The Morgan fingerprint density at radius 1 is 1.33 bits per heavy atom. The summed E-state index contributed by atoms with van der Waals surface area (Å²) in [4.78, 5) is 2.45. The molecule has 1 heterocycles. The normalized spacial score (nSPS) is 29.3. The number of likely N-dealkylation sites (tertiary alicyclic amines) is 1. The molecule has 0 aromatic heterocycles. The van der Waals surface area contributed by atoms with Gasteiger partial charge in [0, 0.05) is 28.8 Å². The number of hydrogen-bond acceptors (Lipinski definition) is 2. The predicted octanol–water partition coefficient (Wildman–Crippen LogP) is 3.90. The van der Waals surface area contributed by atoms with E-state index in [1.165, 1.54) is 28.7 Å². The van der Waals surface area contributed by atoms with Crippen molar-refractivity contribution >= 4 is 21.6 Å². The lowest BCUT2D eigenvalue weighted by Gasteiger charge is -2.40. The standard InChI is InChI=1S/C15H23BrN2/c1-10-5-6-13(8-14(10)16)17-15-7-12(3)18(4)9-11(15)2/h5-6,8,11-12,15,17H,7,9H2,1-4H3. The van der Waals surface area contributed by atoms with Crippen molar-refractivity contribution in [3.63, 3.8) is 0 Å². The minimum Gasteiger partial charge on any atom is -0.382 e. The Balaban J connectivity index is 2.06. The first-order valence-electron chi connectivity index (χ1n) is 6.70. The maximum absolute atomic E-state index is 3.69. The first kappa shape index (κ1) is 13.9. The lowest BCUT2D eigenvalue weighted by atomic mass is 9.89. The third-order valence-electron chi connectivity index (χ3n) is 4.13. The molecular weight excluding hydrogens is 288 g/mol. The molecule has 18 heavy (non-hydrogen) atoms. The molecule has 0 amide bonds. The average Bonchev–Trinajstić information content (AvgIpc) is 2.31. The minimum atomic E-state index is 0.575. The fraction of sp³-hybridized carbons (Fsp3) is 0.600. The average molecular weight is 311 g/mol. The molecule has 1 saturated heterocycles. The molecule has 3 unspecified atom stereocenters. The van der Waals surface area contributed by atoms with Crippen LogP contribution in [0.25, 0.3) is 0 Å². The Morgan fingerprint density at radius 2 is 2.06 bits per heavy atom. The molecule has 1 aliphatic rings. The Morgan fingerprint density at radius 3 is 2.72 bits per heavy atom. The number of benzene rings is 1. The molecule has 1 aromatic rings. The maximum Gasteiger partial charge on any atom is 0.0353 e. The van der Waals surface area contributed by atoms with E-state index in [9.17, 15) is 0 Å². The van der Waals surface area contributed by atoms with Crippen LogP contribution in [0.3, 0.4) is 0 Å². The van der Waals surface area contributed by atoms with Crippen molar-refractivity contribution in [2.45, 2.75) is 39.3 Å². The summed E-state index contributed by atoms with van der Waals surface area (Å²) in [5.74, 6) is 0.686. The highest BCUT2D eigenvalue weighted by atomic mass is 79.9. The topological polar surface area (TPSA) is 15.3 Å². The van der Waals surface area contributed by atoms with Crippen molar-refractivity contribution < 1.29 is 0 Å². The van der Waals surface area contributed by atoms with Gasteiger partial charge in [0.25, 0.3) is 0 Å². The zero-order chi connectivity index (χ0) is 13.3. The van der Waals surface area contributed by atoms with Gasteiger partial charge in [-0.2, -0.15) is 0 Å². The first-order chi connectivity index (χ1) is 8.47. The monoisotopic (exact) mass is 310 g/mol. The fourth-order valence-corrected chi connectivity index (χ4v) is 3.02. The van der Waals surface area contributed by atoms with Gasteiger partial charge in [-0.3, -0.25) is 0 Å². The van der Waals surface area contributed by atoms with Crippen molar-refractivity contribution in [1.82, 2.24) is 4.90 Å². The first-order valence-corrected chi connectivity index (χ1v) is 7.49. The molecule has 0 aliphatic carbocycles. The second-order valence-electron chi connectivity index (χ2n) is 5.72.